The van der Waals surface area contributed by atoms with E-state index >= 15 is 0 Å². The number of hydrogen-bond donors (Lipinski definition) is 2. The van der Waals surface area contributed by atoms with E-state index in [9.17, 15) is 4.79 Å². The number of amides is 2. The van der Waals surface area contributed by atoms with Crippen molar-refractivity contribution in [2.45, 2.75) is 26.4 Å². The molecule has 0 aromatic carbocycles. The Bertz CT molecular complexity index is 538. The molecule has 0 fully saturated rings. The first-order valence-electron chi connectivity index (χ1n) is 6.11. The quantitative estimate of drug-likeness (QED) is 0.879. The number of aromatic nitrogens is 3. The van der Waals surface area contributed by atoms with E-state index in [0.717, 1.165) is 5.56 Å². The molecule has 0 aliphatic heterocycles. The molecule has 19 heavy (non-hydrogen) atoms. The zero-order chi connectivity index (χ0) is 13.7. The van der Waals surface area contributed by atoms with Gasteiger partial charge in [-0.25, -0.2) is 9.78 Å². The molecule has 0 spiro atoms. The van der Waals surface area contributed by atoms with Gasteiger partial charge in [-0.1, -0.05) is 6.07 Å². The first-order chi connectivity index (χ1) is 9.15. The largest absolute Gasteiger partial charge is 0.334 e. The maximum absolute atomic E-state index is 11.8. The molecule has 100 valence electrons. The van der Waals surface area contributed by atoms with Gasteiger partial charge in [-0.05, 0) is 31.5 Å². The number of nitrogens with zero attached hydrogens (tertiary/aromatic N) is 3. The summed E-state index contributed by atoms with van der Waals surface area (Å²) in [6.07, 6.45) is 5.22. The second kappa shape index (κ2) is 5.99. The van der Waals surface area contributed by atoms with Crippen LogP contribution >= 0.6 is 0 Å². The monoisotopic (exact) mass is 259 g/mol. The lowest BCUT2D eigenvalue weighted by molar-refractivity contribution is 0.247. The Morgan fingerprint density at radius 3 is 2.95 bits per heavy atom. The smallest absolute Gasteiger partial charge is 0.320 e. The van der Waals surface area contributed by atoms with Crippen molar-refractivity contribution in [1.29, 1.82) is 0 Å². The fourth-order valence-electron chi connectivity index (χ4n) is 1.72. The van der Waals surface area contributed by atoms with Crippen LogP contribution in [-0.2, 0) is 6.54 Å². The van der Waals surface area contributed by atoms with Crippen molar-refractivity contribution in [2.75, 3.05) is 5.32 Å². The first-order valence-corrected chi connectivity index (χ1v) is 6.11. The van der Waals surface area contributed by atoms with Crippen molar-refractivity contribution in [2.24, 2.45) is 0 Å². The highest BCUT2D eigenvalue weighted by Crippen LogP contribution is 2.08. The lowest BCUT2D eigenvalue weighted by Crippen LogP contribution is -2.39. The number of rotatable bonds is 4. The van der Waals surface area contributed by atoms with Crippen LogP contribution in [-0.4, -0.2) is 26.8 Å². The van der Waals surface area contributed by atoms with Gasteiger partial charge in [0.05, 0.1) is 6.54 Å². The third kappa shape index (κ3) is 3.80. The maximum atomic E-state index is 11.8. The third-order valence-corrected chi connectivity index (χ3v) is 2.64. The highest BCUT2D eigenvalue weighted by atomic mass is 16.2. The molecule has 0 unspecified atom stereocenters. The van der Waals surface area contributed by atoms with Gasteiger partial charge in [0.15, 0.2) is 0 Å². The fraction of sp³-hybridized carbons (Fsp3) is 0.308. The van der Waals surface area contributed by atoms with Crippen molar-refractivity contribution in [3.8, 4) is 0 Å². The molecule has 6 nitrogen and oxygen atoms in total. The standard InChI is InChI=1S/C13H17N5O/c1-10-5-3-6-14-12(10)17-13(19)16-11(2)9-18-8-4-7-15-18/h3-8,11H,9H2,1-2H3,(H2,14,16,17,19)/t11-/m0/s1. The molecule has 1 atom stereocenters. The van der Waals surface area contributed by atoms with E-state index < -0.39 is 0 Å². The van der Waals surface area contributed by atoms with Gasteiger partial charge in [0.25, 0.3) is 0 Å². The first kappa shape index (κ1) is 13.1. The van der Waals surface area contributed by atoms with Crippen LogP contribution in [0.3, 0.4) is 0 Å². The molecule has 0 saturated heterocycles. The summed E-state index contributed by atoms with van der Waals surface area (Å²) in [6.45, 7) is 4.45. The second-order valence-corrected chi connectivity index (χ2v) is 4.40. The molecule has 2 aromatic rings. The summed E-state index contributed by atoms with van der Waals surface area (Å²) >= 11 is 0. The number of pyridine rings is 1. The van der Waals surface area contributed by atoms with E-state index in [2.05, 4.69) is 20.7 Å². The molecule has 0 radical (unpaired) electrons. The number of anilines is 1. The van der Waals surface area contributed by atoms with E-state index in [1.54, 1.807) is 17.1 Å². The van der Waals surface area contributed by atoms with Crippen LogP contribution in [0.15, 0.2) is 36.8 Å². The summed E-state index contributed by atoms with van der Waals surface area (Å²) in [5.74, 6) is 0.575. The van der Waals surface area contributed by atoms with Gasteiger partial charge in [-0.3, -0.25) is 10.00 Å². The van der Waals surface area contributed by atoms with Crippen molar-refractivity contribution in [1.82, 2.24) is 20.1 Å². The van der Waals surface area contributed by atoms with E-state index in [-0.39, 0.29) is 12.1 Å². The summed E-state index contributed by atoms with van der Waals surface area (Å²) in [5, 5.41) is 9.67. The molecular formula is C13H17N5O. The Morgan fingerprint density at radius 2 is 2.26 bits per heavy atom. The molecular weight excluding hydrogens is 242 g/mol. The van der Waals surface area contributed by atoms with E-state index in [4.69, 9.17) is 0 Å². The van der Waals surface area contributed by atoms with Crippen molar-refractivity contribution < 1.29 is 4.79 Å². The molecule has 0 aliphatic carbocycles. The third-order valence-electron chi connectivity index (χ3n) is 2.64. The van der Waals surface area contributed by atoms with E-state index in [1.165, 1.54) is 0 Å². The average Bonchev–Trinajstić information content (AvgIpc) is 2.84. The summed E-state index contributed by atoms with van der Waals surface area (Å²) in [4.78, 5) is 15.9. The van der Waals surface area contributed by atoms with Gasteiger partial charge < -0.3 is 5.32 Å². The number of carbonyl (C=O) groups is 1. The molecule has 0 saturated carbocycles. The fourth-order valence-corrected chi connectivity index (χ4v) is 1.72. The summed E-state index contributed by atoms with van der Waals surface area (Å²) in [7, 11) is 0. The SMILES string of the molecule is Cc1cccnc1NC(=O)N[C@@H](C)Cn1cccn1. The summed E-state index contributed by atoms with van der Waals surface area (Å²) in [5.41, 5.74) is 0.928. The lowest BCUT2D eigenvalue weighted by Gasteiger charge is -2.15. The number of hydrogen-bond acceptors (Lipinski definition) is 3. The Morgan fingerprint density at radius 1 is 1.42 bits per heavy atom. The second-order valence-electron chi connectivity index (χ2n) is 4.40. The lowest BCUT2D eigenvalue weighted by atomic mass is 10.3. The Kier molecular flexibility index (Phi) is 4.12. The van der Waals surface area contributed by atoms with E-state index in [1.807, 2.05) is 38.2 Å². The zero-order valence-electron chi connectivity index (χ0n) is 11.0. The minimum atomic E-state index is -0.263. The minimum absolute atomic E-state index is 0.0241. The van der Waals surface area contributed by atoms with Crippen molar-refractivity contribution >= 4 is 11.8 Å². The van der Waals surface area contributed by atoms with Crippen molar-refractivity contribution in [3.05, 3.63) is 42.4 Å². The Labute approximate surface area is 111 Å². The van der Waals surface area contributed by atoms with Crippen molar-refractivity contribution in [3.63, 3.8) is 0 Å². The van der Waals surface area contributed by atoms with Gasteiger partial charge in [-0.15, -0.1) is 0 Å². The molecule has 2 heterocycles. The molecule has 2 amide bonds. The molecule has 2 aromatic heterocycles. The van der Waals surface area contributed by atoms with Gasteiger partial charge >= 0.3 is 6.03 Å². The topological polar surface area (TPSA) is 71.8 Å². The molecule has 2 N–H and O–H groups in total. The Balaban J connectivity index is 1.86. The van der Waals surface area contributed by atoms with Crippen LogP contribution < -0.4 is 10.6 Å². The predicted molar refractivity (Wildman–Crippen MR) is 72.8 cm³/mol. The minimum Gasteiger partial charge on any atom is -0.334 e. The molecule has 2 rings (SSSR count). The number of aryl methyl sites for hydroxylation is 1. The van der Waals surface area contributed by atoms with Crippen LogP contribution in [0.5, 0.6) is 0 Å². The van der Waals surface area contributed by atoms with Crippen LogP contribution in [0.2, 0.25) is 0 Å². The zero-order valence-corrected chi connectivity index (χ0v) is 11.0. The highest BCUT2D eigenvalue weighted by molar-refractivity contribution is 5.89. The number of carbonyl (C=O) groups excluding carboxylic acids is 1. The average molecular weight is 259 g/mol. The predicted octanol–water partition coefficient (Wildman–Crippen LogP) is 1.80. The van der Waals surface area contributed by atoms with Gasteiger partial charge in [0, 0.05) is 24.6 Å². The van der Waals surface area contributed by atoms with Crippen LogP contribution in [0.25, 0.3) is 0 Å². The number of urea groups is 1. The van der Waals surface area contributed by atoms with E-state index in [0.29, 0.717) is 12.4 Å². The van der Waals surface area contributed by atoms with Crippen LogP contribution in [0.4, 0.5) is 10.6 Å². The van der Waals surface area contributed by atoms with Gasteiger partial charge in [-0.2, -0.15) is 5.10 Å². The van der Waals surface area contributed by atoms with Crippen LogP contribution in [0, 0.1) is 6.92 Å². The summed E-state index contributed by atoms with van der Waals surface area (Å²) in [6, 6.07) is 5.30. The maximum Gasteiger partial charge on any atom is 0.320 e. The molecule has 0 aliphatic rings. The molecule has 0 bridgehead atoms. The van der Waals surface area contributed by atoms with Crippen LogP contribution in [0.1, 0.15) is 12.5 Å². The molecule has 6 heteroatoms. The van der Waals surface area contributed by atoms with Gasteiger partial charge in [0.2, 0.25) is 0 Å². The highest BCUT2D eigenvalue weighted by Gasteiger charge is 2.09. The number of nitrogens with one attached hydrogen (secondary N) is 2. The summed E-state index contributed by atoms with van der Waals surface area (Å²) < 4.78 is 1.77. The Hall–Kier alpha value is -2.37. The van der Waals surface area contributed by atoms with Gasteiger partial charge in [0.1, 0.15) is 5.82 Å². The normalized spacial score (nSPS) is 11.9.